The lowest BCUT2D eigenvalue weighted by atomic mass is 9.98. The number of para-hydroxylation sites is 2. The lowest BCUT2D eigenvalue weighted by molar-refractivity contribution is -0.137. The first kappa shape index (κ1) is 33.6. The van der Waals surface area contributed by atoms with Crippen molar-refractivity contribution in [3.05, 3.63) is 187 Å². The van der Waals surface area contributed by atoms with E-state index in [1.807, 2.05) is 71.3 Å². The highest BCUT2D eigenvalue weighted by molar-refractivity contribution is 6.12. The lowest BCUT2D eigenvalue weighted by Gasteiger charge is -2.20. The molecule has 0 saturated heterocycles. The number of aryl methyl sites for hydroxylation is 2. The number of alkyl halides is 3. The Hall–Kier alpha value is -6.92. The van der Waals surface area contributed by atoms with Gasteiger partial charge < -0.3 is 9.13 Å². The molecule has 0 saturated carbocycles. The van der Waals surface area contributed by atoms with E-state index in [4.69, 9.17) is 0 Å². The molecule has 0 fully saturated rings. The van der Waals surface area contributed by atoms with Crippen molar-refractivity contribution >= 4 is 43.6 Å². The van der Waals surface area contributed by atoms with E-state index < -0.39 is 11.7 Å². The van der Waals surface area contributed by atoms with Gasteiger partial charge in [-0.3, -0.25) is 4.98 Å². The van der Waals surface area contributed by atoms with E-state index in [1.54, 1.807) is 18.5 Å². The number of rotatable bonds is 5. The van der Waals surface area contributed by atoms with Gasteiger partial charge in [-0.05, 0) is 102 Å². The van der Waals surface area contributed by atoms with E-state index in [0.717, 1.165) is 71.6 Å². The Kier molecular flexibility index (Phi) is 7.72. The summed E-state index contributed by atoms with van der Waals surface area (Å²) in [4.78, 5) is 4.58. The molecule has 3 aromatic heterocycles. The molecule has 10 rings (SSSR count). The first-order valence-corrected chi connectivity index (χ1v) is 18.6. The third-order valence-electron chi connectivity index (χ3n) is 11.2. The van der Waals surface area contributed by atoms with Gasteiger partial charge in [0.25, 0.3) is 0 Å². The van der Waals surface area contributed by atoms with Crippen LogP contribution >= 0.6 is 0 Å². The third kappa shape index (κ3) is 5.32. The van der Waals surface area contributed by atoms with Crippen molar-refractivity contribution in [3.8, 4) is 44.8 Å². The second kappa shape index (κ2) is 12.8. The first-order valence-electron chi connectivity index (χ1n) is 18.6. The third-order valence-corrected chi connectivity index (χ3v) is 11.2. The fourth-order valence-corrected chi connectivity index (χ4v) is 8.50. The van der Waals surface area contributed by atoms with Gasteiger partial charge in [0, 0.05) is 45.1 Å². The summed E-state index contributed by atoms with van der Waals surface area (Å²) in [5.74, 6) is 0. The summed E-state index contributed by atoms with van der Waals surface area (Å²) in [6.07, 6.45) is -1.03. The van der Waals surface area contributed by atoms with Gasteiger partial charge in [-0.25, -0.2) is 0 Å². The topological polar surface area (TPSA) is 22.8 Å². The monoisotopic (exact) mass is 733 g/mol. The SMILES string of the molecule is Cc1ccccc1-c1ccc2c(c1)c1ccccc1n2-c1ccncc1-c1ccc(C(F)(F)F)cc1-n1c2ccccc2c2cc(-c3ccccc3C)ccc21. The number of hydrogen-bond acceptors (Lipinski definition) is 1. The lowest BCUT2D eigenvalue weighted by Crippen LogP contribution is -2.08. The van der Waals surface area contributed by atoms with Gasteiger partial charge in [0.1, 0.15) is 0 Å². The molecule has 0 atom stereocenters. The predicted octanol–water partition coefficient (Wildman–Crippen LogP) is 13.9. The van der Waals surface area contributed by atoms with Crippen LogP contribution in [0.5, 0.6) is 0 Å². The zero-order chi connectivity index (χ0) is 38.1. The number of pyridine rings is 1. The molecular formula is C50H34F3N3. The van der Waals surface area contributed by atoms with Gasteiger partial charge in [-0.15, -0.1) is 0 Å². The maximum Gasteiger partial charge on any atom is 0.416 e. The minimum Gasteiger partial charge on any atom is -0.309 e. The number of benzene rings is 7. The van der Waals surface area contributed by atoms with Gasteiger partial charge in [0.15, 0.2) is 0 Å². The Morgan fingerprint density at radius 1 is 0.429 bits per heavy atom. The smallest absolute Gasteiger partial charge is 0.309 e. The molecule has 0 aliphatic heterocycles. The van der Waals surface area contributed by atoms with Crippen molar-refractivity contribution in [2.45, 2.75) is 20.0 Å². The molecule has 0 N–H and O–H groups in total. The fourth-order valence-electron chi connectivity index (χ4n) is 8.50. The molecule has 0 aliphatic carbocycles. The molecule has 0 amide bonds. The first-order chi connectivity index (χ1) is 27.3. The highest BCUT2D eigenvalue weighted by Gasteiger charge is 2.32. The van der Waals surface area contributed by atoms with E-state index in [9.17, 15) is 13.2 Å². The minimum atomic E-state index is -4.55. The van der Waals surface area contributed by atoms with Gasteiger partial charge >= 0.3 is 6.18 Å². The molecule has 3 heterocycles. The molecule has 7 aromatic carbocycles. The van der Waals surface area contributed by atoms with Crippen molar-refractivity contribution < 1.29 is 13.2 Å². The molecule has 0 spiro atoms. The van der Waals surface area contributed by atoms with Gasteiger partial charge in [-0.1, -0.05) is 103 Å². The maximum atomic E-state index is 14.7. The fraction of sp³-hybridized carbons (Fsp3) is 0.0600. The van der Waals surface area contributed by atoms with Crippen LogP contribution in [0.1, 0.15) is 16.7 Å². The molecule has 6 heteroatoms. The molecule has 0 bridgehead atoms. The number of hydrogen-bond donors (Lipinski definition) is 0. The van der Waals surface area contributed by atoms with Crippen LogP contribution in [0.25, 0.3) is 88.4 Å². The quantitative estimate of drug-likeness (QED) is 0.173. The Balaban J connectivity index is 1.25. The zero-order valence-corrected chi connectivity index (χ0v) is 30.6. The highest BCUT2D eigenvalue weighted by Crippen LogP contribution is 2.44. The summed E-state index contributed by atoms with van der Waals surface area (Å²) in [5, 5.41) is 4.09. The molecule has 0 aliphatic rings. The van der Waals surface area contributed by atoms with E-state index in [1.165, 1.54) is 23.3 Å². The van der Waals surface area contributed by atoms with Crippen molar-refractivity contribution in [1.82, 2.24) is 14.1 Å². The van der Waals surface area contributed by atoms with Crippen molar-refractivity contribution in [1.29, 1.82) is 0 Å². The summed E-state index contributed by atoms with van der Waals surface area (Å²) >= 11 is 0. The highest BCUT2D eigenvalue weighted by atomic mass is 19.4. The van der Waals surface area contributed by atoms with E-state index in [0.29, 0.717) is 16.8 Å². The largest absolute Gasteiger partial charge is 0.416 e. The summed E-state index contributed by atoms with van der Waals surface area (Å²) < 4.78 is 48.2. The second-order valence-corrected chi connectivity index (χ2v) is 14.4. The molecule has 56 heavy (non-hydrogen) atoms. The standard InChI is InChI=1S/C50H34F3N3/c1-31-11-3-5-13-36(31)33-19-23-46-41(27-33)38-15-7-9-17-44(38)55(46)48-25-26-54-30-43(48)40-22-21-35(50(51,52)53)29-49(40)56-45-18-10-8-16-39(45)42-28-34(20-24-47(42)56)37-14-6-4-12-32(37)2/h3-30H,1-2H3. The summed E-state index contributed by atoms with van der Waals surface area (Å²) in [7, 11) is 0. The maximum absolute atomic E-state index is 14.7. The van der Waals surface area contributed by atoms with Crippen molar-refractivity contribution in [3.63, 3.8) is 0 Å². The van der Waals surface area contributed by atoms with Crippen LogP contribution in [0.15, 0.2) is 170 Å². The number of fused-ring (bicyclic) bond motifs is 6. The second-order valence-electron chi connectivity index (χ2n) is 14.4. The Morgan fingerprint density at radius 2 is 0.929 bits per heavy atom. The van der Waals surface area contributed by atoms with Crippen molar-refractivity contribution in [2.75, 3.05) is 0 Å². The van der Waals surface area contributed by atoms with Crippen LogP contribution in [0.3, 0.4) is 0 Å². The van der Waals surface area contributed by atoms with E-state index in [-0.39, 0.29) is 0 Å². The Labute approximate surface area is 321 Å². The van der Waals surface area contributed by atoms with Crippen LogP contribution in [0, 0.1) is 13.8 Å². The average Bonchev–Trinajstić information content (AvgIpc) is 3.73. The van der Waals surface area contributed by atoms with Crippen LogP contribution in [-0.2, 0) is 6.18 Å². The average molecular weight is 734 g/mol. The molecule has 0 radical (unpaired) electrons. The summed E-state index contributed by atoms with van der Waals surface area (Å²) in [5.41, 5.74) is 12.3. The van der Waals surface area contributed by atoms with Crippen molar-refractivity contribution in [2.24, 2.45) is 0 Å². The number of nitrogens with zero attached hydrogens (tertiary/aromatic N) is 3. The van der Waals surface area contributed by atoms with Gasteiger partial charge in [0.05, 0.1) is 39.0 Å². The molecule has 0 unspecified atom stereocenters. The summed E-state index contributed by atoms with van der Waals surface area (Å²) in [6.45, 7) is 4.21. The normalized spacial score (nSPS) is 12.0. The summed E-state index contributed by atoms with van der Waals surface area (Å²) in [6, 6.07) is 51.6. The number of halogens is 3. The van der Waals surface area contributed by atoms with Crippen LogP contribution in [-0.4, -0.2) is 14.1 Å². The minimum absolute atomic E-state index is 0.423. The van der Waals surface area contributed by atoms with Gasteiger partial charge in [-0.2, -0.15) is 13.2 Å². The molecule has 270 valence electrons. The van der Waals surface area contributed by atoms with E-state index in [2.05, 4.69) is 96.2 Å². The van der Waals surface area contributed by atoms with Gasteiger partial charge in [0.2, 0.25) is 0 Å². The number of aromatic nitrogens is 3. The van der Waals surface area contributed by atoms with Crippen LogP contribution in [0.4, 0.5) is 13.2 Å². The predicted molar refractivity (Wildman–Crippen MR) is 224 cm³/mol. The molecule has 3 nitrogen and oxygen atoms in total. The zero-order valence-electron chi connectivity index (χ0n) is 30.6. The molecule has 10 aromatic rings. The Bertz CT molecular complexity index is 3160. The van der Waals surface area contributed by atoms with E-state index >= 15 is 0 Å². The Morgan fingerprint density at radius 3 is 1.48 bits per heavy atom. The van der Waals surface area contributed by atoms with Crippen LogP contribution < -0.4 is 0 Å². The molecular weight excluding hydrogens is 700 g/mol. The van der Waals surface area contributed by atoms with Crippen LogP contribution in [0.2, 0.25) is 0 Å².